The maximum Gasteiger partial charge on any atom is 1.00 e. The van der Waals surface area contributed by atoms with Gasteiger partial charge in [-0.15, -0.1) is 0 Å². The van der Waals surface area contributed by atoms with Gasteiger partial charge in [0, 0.05) is 43.9 Å². The SMILES string of the molecule is CO[C@@H]1/C=C\O[C@@]2(C)Oc3c(C)c(O)c4c(O)c(cc([O-])c4c3C2=O)NC(=O)/C(C)=C\C=C[C@H](C)[C@H](C)[C@@H](C)[C@@H](O)[C@@H](C)[C@H](OC(C)=O)[C@H]1C.[Na+]. The Balaban J connectivity index is 0.00000702. The number of esters is 1. The van der Waals surface area contributed by atoms with Gasteiger partial charge in [-0.2, -0.15) is 0 Å². The number of allylic oxidation sites excluding steroid dienone is 3. The number of fused-ring (bicyclic) bond motifs is 14. The second-order valence-corrected chi connectivity index (χ2v) is 13.8. The van der Waals surface area contributed by atoms with Crippen molar-refractivity contribution >= 4 is 34.1 Å². The van der Waals surface area contributed by atoms with Crippen LogP contribution in [-0.4, -0.2) is 64.2 Å². The third-order valence-electron chi connectivity index (χ3n) is 10.4. The van der Waals surface area contributed by atoms with Crippen LogP contribution in [0.5, 0.6) is 23.0 Å². The molecule has 2 aromatic rings. The predicted molar refractivity (Wildman–Crippen MR) is 185 cm³/mol. The maximum absolute atomic E-state index is 13.9. The summed E-state index contributed by atoms with van der Waals surface area (Å²) in [5.74, 6) is -7.11. The number of Topliss-reactive ketones (excluding diaryl/α,β-unsaturated/α-hetero) is 1. The van der Waals surface area contributed by atoms with E-state index in [0.29, 0.717) is 0 Å². The van der Waals surface area contributed by atoms with Gasteiger partial charge in [-0.1, -0.05) is 58.6 Å². The Bertz CT molecular complexity index is 1770. The number of nitrogens with one attached hydrogen (secondary N) is 1. The number of rotatable bonds is 2. The van der Waals surface area contributed by atoms with Crippen molar-refractivity contribution in [2.75, 3.05) is 12.4 Å². The number of hydrogen-bond donors (Lipinski definition) is 4. The topological polar surface area (TPSA) is 184 Å². The Morgan fingerprint density at radius 3 is 2.24 bits per heavy atom. The summed E-state index contributed by atoms with van der Waals surface area (Å²) in [6.45, 7) is 15.2. The molecule has 0 aromatic heterocycles. The van der Waals surface area contributed by atoms with E-state index >= 15 is 0 Å². The molecule has 0 spiro atoms. The van der Waals surface area contributed by atoms with E-state index in [9.17, 15) is 34.8 Å². The minimum absolute atomic E-state index is 0. The first-order chi connectivity index (χ1) is 23.4. The van der Waals surface area contributed by atoms with E-state index in [1.807, 2.05) is 40.7 Å². The summed E-state index contributed by atoms with van der Waals surface area (Å²) in [7, 11) is 1.47. The number of carbonyl (C=O) groups excluding carboxylic acids is 3. The van der Waals surface area contributed by atoms with Crippen LogP contribution in [0.2, 0.25) is 0 Å². The average Bonchev–Trinajstić information content (AvgIpc) is 3.33. The minimum Gasteiger partial charge on any atom is -0.872 e. The van der Waals surface area contributed by atoms with Gasteiger partial charge in [0.15, 0.2) is 5.75 Å². The van der Waals surface area contributed by atoms with Crippen LogP contribution in [0.1, 0.15) is 71.3 Å². The largest absolute Gasteiger partial charge is 1.00 e. The van der Waals surface area contributed by atoms with E-state index in [1.165, 1.54) is 40.2 Å². The second kappa shape index (κ2) is 16.4. The molecule has 13 heteroatoms. The van der Waals surface area contributed by atoms with Gasteiger partial charge < -0.3 is 44.7 Å². The van der Waals surface area contributed by atoms with Gasteiger partial charge in [-0.3, -0.25) is 14.4 Å². The molecular formula is C38H48NNaO11. The summed E-state index contributed by atoms with van der Waals surface area (Å²) >= 11 is 0. The first-order valence-corrected chi connectivity index (χ1v) is 16.7. The number of aromatic hydroxyl groups is 2. The Morgan fingerprint density at radius 2 is 1.63 bits per heavy atom. The van der Waals surface area contributed by atoms with Crippen molar-refractivity contribution in [3.05, 3.63) is 53.3 Å². The van der Waals surface area contributed by atoms with Gasteiger partial charge in [0.05, 0.1) is 35.1 Å². The third kappa shape index (κ3) is 8.10. The van der Waals surface area contributed by atoms with Crippen molar-refractivity contribution in [3.8, 4) is 23.0 Å². The molecule has 9 atom stereocenters. The van der Waals surface area contributed by atoms with Gasteiger partial charge in [0.2, 0.25) is 0 Å². The van der Waals surface area contributed by atoms with Gasteiger partial charge in [0.1, 0.15) is 17.6 Å². The quantitative estimate of drug-likeness (QED) is 0.203. The summed E-state index contributed by atoms with van der Waals surface area (Å²) in [6.07, 6.45) is 5.59. The fraction of sp³-hybridized carbons (Fsp3) is 0.500. The van der Waals surface area contributed by atoms with Crippen molar-refractivity contribution in [2.24, 2.45) is 29.6 Å². The molecule has 51 heavy (non-hydrogen) atoms. The molecule has 4 N–H and O–H groups in total. The van der Waals surface area contributed by atoms with E-state index in [2.05, 4.69) is 5.32 Å². The molecule has 3 heterocycles. The number of phenolic OH excluding ortho intramolecular Hbond substituents is 2. The molecule has 3 aliphatic rings. The maximum atomic E-state index is 13.9. The number of methoxy groups -OCH3 is 1. The number of benzene rings is 2. The molecule has 0 aliphatic carbocycles. The molecule has 0 saturated heterocycles. The molecule has 0 radical (unpaired) electrons. The van der Waals surface area contributed by atoms with E-state index in [1.54, 1.807) is 19.1 Å². The predicted octanol–water partition coefficient (Wildman–Crippen LogP) is 2.40. The zero-order chi connectivity index (χ0) is 37.4. The normalized spacial score (nSPS) is 31.9. The fourth-order valence-corrected chi connectivity index (χ4v) is 6.81. The van der Waals surface area contributed by atoms with Crippen LogP contribution >= 0.6 is 0 Å². The number of hydrogen-bond acceptors (Lipinski definition) is 11. The van der Waals surface area contributed by atoms with Gasteiger partial charge >= 0.3 is 41.3 Å². The molecule has 5 bridgehead atoms. The van der Waals surface area contributed by atoms with Crippen molar-refractivity contribution in [3.63, 3.8) is 0 Å². The number of amides is 1. The minimum atomic E-state index is -1.98. The molecule has 0 fully saturated rings. The van der Waals surface area contributed by atoms with Crippen molar-refractivity contribution < 1.29 is 83.3 Å². The molecule has 0 unspecified atom stereocenters. The number of aliphatic hydroxyl groups is 1. The van der Waals surface area contributed by atoms with Crippen molar-refractivity contribution in [2.45, 2.75) is 86.4 Å². The third-order valence-corrected chi connectivity index (χ3v) is 10.4. The van der Waals surface area contributed by atoms with Gasteiger partial charge in [-0.25, -0.2) is 0 Å². The smallest absolute Gasteiger partial charge is 0.872 e. The summed E-state index contributed by atoms with van der Waals surface area (Å²) in [5.41, 5.74) is -0.104. The standard InChI is InChI=1S/C38H49NO11.Na/c1-17-12-11-13-18(2)37(46)39-25-16-26(41)28-29(33(25)44)32(43)23(7)35-30(28)36(45)38(9,50-35)48-15-14-27(47-10)21(5)34(49-24(8)40)22(6)31(42)20(4)19(17)3;/h11-17,19-22,27,31,34,41-44H,1-10H3,(H,39,46);/q;+1/p-1/b12-11?,15-14-,18-13-;/t17-,19-,20+,21-,22+,27+,31+,34+,38-;/m0./s1. The first kappa shape index (κ1) is 41.9. The first-order valence-electron chi connectivity index (χ1n) is 16.7. The number of ketones is 1. The monoisotopic (exact) mass is 717 g/mol. The summed E-state index contributed by atoms with van der Waals surface area (Å²) < 4.78 is 23.3. The number of carbonyl (C=O) groups is 3. The van der Waals surface area contributed by atoms with Crippen LogP contribution in [0.3, 0.4) is 0 Å². The van der Waals surface area contributed by atoms with Crippen LogP contribution in [0.25, 0.3) is 10.8 Å². The van der Waals surface area contributed by atoms with Gasteiger partial charge in [-0.05, 0) is 49.1 Å². The van der Waals surface area contributed by atoms with Crippen molar-refractivity contribution in [1.82, 2.24) is 0 Å². The van der Waals surface area contributed by atoms with Crippen LogP contribution in [0.15, 0.2) is 42.2 Å². The van der Waals surface area contributed by atoms with Crippen LogP contribution < -0.4 is 44.7 Å². The number of anilines is 1. The van der Waals surface area contributed by atoms with E-state index in [0.717, 1.165) is 6.07 Å². The van der Waals surface area contributed by atoms with Gasteiger partial charge in [0.25, 0.3) is 11.7 Å². The molecular weight excluding hydrogens is 669 g/mol. The Hall–Kier alpha value is -3.55. The number of ether oxygens (including phenoxy) is 4. The molecule has 272 valence electrons. The van der Waals surface area contributed by atoms with Crippen LogP contribution in [0, 0.1) is 36.5 Å². The Labute approximate surface area is 320 Å². The summed E-state index contributed by atoms with van der Waals surface area (Å²) in [5, 5.41) is 49.4. The molecule has 12 nitrogen and oxygen atoms in total. The Kier molecular flexibility index (Phi) is 13.5. The molecule has 2 aromatic carbocycles. The zero-order valence-electron chi connectivity index (χ0n) is 31.2. The van der Waals surface area contributed by atoms with Crippen LogP contribution in [0.4, 0.5) is 5.69 Å². The zero-order valence-corrected chi connectivity index (χ0v) is 33.2. The summed E-state index contributed by atoms with van der Waals surface area (Å²) in [4.78, 5) is 39.3. The molecule has 1 amide bonds. The van der Waals surface area contributed by atoms with Crippen LogP contribution in [-0.2, 0) is 23.8 Å². The summed E-state index contributed by atoms with van der Waals surface area (Å²) in [6, 6.07) is 0.984. The Morgan fingerprint density at radius 1 is 0.980 bits per heavy atom. The molecule has 5 rings (SSSR count). The molecule has 3 aliphatic heterocycles. The fourth-order valence-electron chi connectivity index (χ4n) is 6.81. The molecule has 0 saturated carbocycles. The number of aliphatic hydroxyl groups excluding tert-OH is 1. The van der Waals surface area contributed by atoms with E-state index in [-0.39, 0.29) is 86.2 Å². The average molecular weight is 718 g/mol. The van der Waals surface area contributed by atoms with Crippen molar-refractivity contribution in [1.29, 1.82) is 0 Å². The number of phenols is 2. The second-order valence-electron chi connectivity index (χ2n) is 13.8. The van der Waals surface area contributed by atoms with E-state index in [4.69, 9.17) is 18.9 Å². The van der Waals surface area contributed by atoms with E-state index < -0.39 is 70.8 Å².